The zero-order valence-corrected chi connectivity index (χ0v) is 14.4. The number of fused-ring (bicyclic) bond motifs is 1. The molecule has 1 amide bonds. The molecule has 2 aromatic heterocycles. The third-order valence-corrected chi connectivity index (χ3v) is 6.13. The van der Waals surface area contributed by atoms with Gasteiger partial charge < -0.3 is 14.7 Å². The van der Waals surface area contributed by atoms with Crippen molar-refractivity contribution in [3.8, 4) is 11.3 Å². The van der Waals surface area contributed by atoms with Gasteiger partial charge in [0.2, 0.25) is 0 Å². The normalized spacial score (nSPS) is 29.7. The standard InChI is InChI=1S/C17H21N3O3S/c1-23-17-4-2-12(21)8-15(17)20(6-5-17)16(22)14-9-13(18-19-14)11-3-7-24-10-11/h3,7,9-10,12,15,21H,2,4-6,8H2,1H3,(H,18,19)/t12?,15?,17-/m1/s1. The first-order valence-corrected chi connectivity index (χ1v) is 9.19. The number of likely N-dealkylation sites (tertiary alicyclic amines) is 1. The molecule has 1 aliphatic heterocycles. The van der Waals surface area contributed by atoms with Crippen LogP contribution in [0.4, 0.5) is 0 Å². The SMILES string of the molecule is CO[C@@]12CCC(O)CC1N(C(=O)c1cc(-c3ccsc3)n[nH]1)CC2. The van der Waals surface area contributed by atoms with E-state index in [2.05, 4.69) is 10.2 Å². The average molecular weight is 347 g/mol. The molecule has 1 aliphatic carbocycles. The number of hydrogen-bond donors (Lipinski definition) is 2. The van der Waals surface area contributed by atoms with Crippen molar-refractivity contribution in [2.45, 2.75) is 43.4 Å². The van der Waals surface area contributed by atoms with Crippen molar-refractivity contribution in [2.75, 3.05) is 13.7 Å². The number of nitrogens with zero attached hydrogens (tertiary/aromatic N) is 2. The Labute approximate surface area is 144 Å². The second kappa shape index (κ2) is 5.98. The first kappa shape index (κ1) is 15.8. The Balaban J connectivity index is 1.58. The van der Waals surface area contributed by atoms with Crippen molar-refractivity contribution in [3.63, 3.8) is 0 Å². The third-order valence-electron chi connectivity index (χ3n) is 5.45. The molecule has 6 nitrogen and oxygen atoms in total. The van der Waals surface area contributed by atoms with Gasteiger partial charge in [0.15, 0.2) is 0 Å². The van der Waals surface area contributed by atoms with Crippen LogP contribution in [0.15, 0.2) is 22.9 Å². The average Bonchev–Trinajstić information content (AvgIpc) is 3.32. The Morgan fingerprint density at radius 1 is 1.54 bits per heavy atom. The molecule has 2 aliphatic rings. The number of H-pyrrole nitrogens is 1. The lowest BCUT2D eigenvalue weighted by atomic mass is 9.79. The van der Waals surface area contributed by atoms with Gasteiger partial charge in [0.05, 0.1) is 23.4 Å². The van der Waals surface area contributed by atoms with Crippen molar-refractivity contribution in [1.29, 1.82) is 0 Å². The van der Waals surface area contributed by atoms with Gasteiger partial charge in [-0.2, -0.15) is 16.4 Å². The van der Waals surface area contributed by atoms with E-state index in [9.17, 15) is 9.90 Å². The van der Waals surface area contributed by atoms with Gasteiger partial charge in [-0.3, -0.25) is 9.89 Å². The van der Waals surface area contributed by atoms with E-state index in [0.717, 1.165) is 30.5 Å². The van der Waals surface area contributed by atoms with E-state index < -0.39 is 0 Å². The number of aromatic nitrogens is 2. The summed E-state index contributed by atoms with van der Waals surface area (Å²) in [5, 5.41) is 21.2. The van der Waals surface area contributed by atoms with Gasteiger partial charge >= 0.3 is 0 Å². The number of aliphatic hydroxyl groups excluding tert-OH is 1. The predicted octanol–water partition coefficient (Wildman–Crippen LogP) is 2.28. The van der Waals surface area contributed by atoms with Gasteiger partial charge in [-0.1, -0.05) is 0 Å². The van der Waals surface area contributed by atoms with Crippen LogP contribution in [-0.2, 0) is 4.74 Å². The number of amides is 1. The van der Waals surface area contributed by atoms with Crippen LogP contribution in [0, 0.1) is 0 Å². The van der Waals surface area contributed by atoms with Gasteiger partial charge in [-0.15, -0.1) is 0 Å². The minimum atomic E-state index is -0.366. The lowest BCUT2D eigenvalue weighted by Gasteiger charge is -2.42. The molecule has 2 aromatic rings. The Bertz CT molecular complexity index is 729. The minimum absolute atomic E-state index is 0.0676. The monoisotopic (exact) mass is 347 g/mol. The van der Waals surface area contributed by atoms with Crippen molar-refractivity contribution in [1.82, 2.24) is 15.1 Å². The Kier molecular flexibility index (Phi) is 3.94. The molecule has 24 heavy (non-hydrogen) atoms. The molecule has 3 heterocycles. The quantitative estimate of drug-likeness (QED) is 0.893. The number of hydrogen-bond acceptors (Lipinski definition) is 5. The lowest BCUT2D eigenvalue weighted by Crippen LogP contribution is -2.52. The van der Waals surface area contributed by atoms with Crippen LogP contribution >= 0.6 is 11.3 Å². The summed E-state index contributed by atoms with van der Waals surface area (Å²) in [5.74, 6) is -0.0676. The highest BCUT2D eigenvalue weighted by molar-refractivity contribution is 7.08. The second-order valence-electron chi connectivity index (χ2n) is 6.64. The maximum Gasteiger partial charge on any atom is 0.272 e. The molecule has 3 atom stereocenters. The predicted molar refractivity (Wildman–Crippen MR) is 90.9 cm³/mol. The van der Waals surface area contributed by atoms with Gasteiger partial charge in [0.1, 0.15) is 5.69 Å². The fraction of sp³-hybridized carbons (Fsp3) is 0.529. The first-order chi connectivity index (χ1) is 11.6. The largest absolute Gasteiger partial charge is 0.393 e. The maximum absolute atomic E-state index is 13.0. The Hall–Kier alpha value is -1.70. The molecule has 0 aromatic carbocycles. The molecule has 2 N–H and O–H groups in total. The second-order valence-corrected chi connectivity index (χ2v) is 7.42. The lowest BCUT2D eigenvalue weighted by molar-refractivity contribution is -0.0824. The van der Waals surface area contributed by atoms with Crippen molar-refractivity contribution >= 4 is 17.2 Å². The van der Waals surface area contributed by atoms with E-state index >= 15 is 0 Å². The molecule has 2 fully saturated rings. The highest BCUT2D eigenvalue weighted by Crippen LogP contribution is 2.42. The number of carbonyl (C=O) groups excluding carboxylic acids is 1. The minimum Gasteiger partial charge on any atom is -0.393 e. The summed E-state index contributed by atoms with van der Waals surface area (Å²) in [7, 11) is 1.71. The topological polar surface area (TPSA) is 78.5 Å². The summed E-state index contributed by atoms with van der Waals surface area (Å²) in [6.45, 7) is 0.650. The van der Waals surface area contributed by atoms with Crippen LogP contribution < -0.4 is 0 Å². The molecular formula is C17H21N3O3S. The van der Waals surface area contributed by atoms with Crippen LogP contribution in [-0.4, -0.2) is 57.5 Å². The van der Waals surface area contributed by atoms with E-state index in [4.69, 9.17) is 4.74 Å². The smallest absolute Gasteiger partial charge is 0.272 e. The number of aromatic amines is 1. The molecule has 0 radical (unpaired) electrons. The Morgan fingerprint density at radius 3 is 3.17 bits per heavy atom. The summed E-state index contributed by atoms with van der Waals surface area (Å²) >= 11 is 1.60. The number of carbonyl (C=O) groups is 1. The van der Waals surface area contributed by atoms with E-state index in [1.807, 2.05) is 21.7 Å². The van der Waals surface area contributed by atoms with Crippen LogP contribution in [0.5, 0.6) is 0 Å². The van der Waals surface area contributed by atoms with Gasteiger partial charge in [0.25, 0.3) is 5.91 Å². The fourth-order valence-electron chi connectivity index (χ4n) is 4.06. The van der Waals surface area contributed by atoms with Crippen molar-refractivity contribution in [3.05, 3.63) is 28.6 Å². The van der Waals surface area contributed by atoms with Crippen molar-refractivity contribution in [2.24, 2.45) is 0 Å². The summed E-state index contributed by atoms with van der Waals surface area (Å²) < 4.78 is 5.80. The van der Waals surface area contributed by atoms with Gasteiger partial charge in [-0.05, 0) is 43.2 Å². The molecule has 0 bridgehead atoms. The number of methoxy groups -OCH3 is 1. The van der Waals surface area contributed by atoms with Crippen LogP contribution in [0.25, 0.3) is 11.3 Å². The van der Waals surface area contributed by atoms with Crippen LogP contribution in [0.2, 0.25) is 0 Å². The first-order valence-electron chi connectivity index (χ1n) is 8.25. The number of ether oxygens (including phenoxy) is 1. The van der Waals surface area contributed by atoms with E-state index in [1.54, 1.807) is 24.5 Å². The Morgan fingerprint density at radius 2 is 2.42 bits per heavy atom. The molecule has 1 saturated heterocycles. The third kappa shape index (κ3) is 2.47. The van der Waals surface area contributed by atoms with E-state index in [-0.39, 0.29) is 23.7 Å². The molecule has 1 saturated carbocycles. The fourth-order valence-corrected chi connectivity index (χ4v) is 4.71. The molecule has 7 heteroatoms. The van der Waals surface area contributed by atoms with Crippen LogP contribution in [0.3, 0.4) is 0 Å². The zero-order chi connectivity index (χ0) is 16.7. The summed E-state index contributed by atoms with van der Waals surface area (Å²) in [5.41, 5.74) is 1.96. The summed E-state index contributed by atoms with van der Waals surface area (Å²) in [4.78, 5) is 14.8. The van der Waals surface area contributed by atoms with Crippen LogP contribution in [0.1, 0.15) is 36.2 Å². The number of nitrogens with one attached hydrogen (secondary N) is 1. The van der Waals surface area contributed by atoms with Crippen molar-refractivity contribution < 1.29 is 14.6 Å². The molecular weight excluding hydrogens is 326 g/mol. The van der Waals surface area contributed by atoms with Gasteiger partial charge in [-0.25, -0.2) is 0 Å². The number of thiophene rings is 1. The van der Waals surface area contributed by atoms with E-state index in [1.165, 1.54) is 0 Å². The zero-order valence-electron chi connectivity index (χ0n) is 13.6. The van der Waals surface area contributed by atoms with E-state index in [0.29, 0.717) is 18.7 Å². The molecule has 2 unspecified atom stereocenters. The number of aliphatic hydroxyl groups is 1. The highest BCUT2D eigenvalue weighted by atomic mass is 32.1. The number of rotatable bonds is 3. The summed E-state index contributed by atoms with van der Waals surface area (Å²) in [6.07, 6.45) is 2.55. The highest BCUT2D eigenvalue weighted by Gasteiger charge is 2.52. The summed E-state index contributed by atoms with van der Waals surface area (Å²) in [6, 6.07) is 3.71. The molecule has 4 rings (SSSR count). The molecule has 128 valence electrons. The molecule has 0 spiro atoms. The van der Waals surface area contributed by atoms with Gasteiger partial charge in [0, 0.05) is 24.6 Å². The maximum atomic E-state index is 13.0.